The fraction of sp³-hybridized carbons (Fsp3) is 0.455. The first-order valence-corrected chi connectivity index (χ1v) is 9.76. The number of rotatable bonds is 4. The molecule has 2 aromatic rings. The zero-order valence-electron chi connectivity index (χ0n) is 15.2. The van der Waals surface area contributed by atoms with E-state index in [-0.39, 0.29) is 5.91 Å². The van der Waals surface area contributed by atoms with Crippen molar-refractivity contribution in [3.63, 3.8) is 0 Å². The average Bonchev–Trinajstić information content (AvgIpc) is 3.22. The second-order valence-electron chi connectivity index (χ2n) is 7.40. The van der Waals surface area contributed by atoms with Gasteiger partial charge in [0.15, 0.2) is 0 Å². The Morgan fingerprint density at radius 2 is 2.19 bits per heavy atom. The van der Waals surface area contributed by atoms with E-state index >= 15 is 0 Å². The van der Waals surface area contributed by atoms with E-state index in [0.717, 1.165) is 31.6 Å². The van der Waals surface area contributed by atoms with E-state index < -0.39 is 0 Å². The van der Waals surface area contributed by atoms with Crippen molar-refractivity contribution in [2.24, 2.45) is 0 Å². The monoisotopic (exact) mass is 348 g/mol. The number of aromatic nitrogens is 2. The van der Waals surface area contributed by atoms with Gasteiger partial charge < -0.3 is 9.88 Å². The molecule has 2 aliphatic rings. The van der Waals surface area contributed by atoms with Crippen LogP contribution in [0.5, 0.6) is 0 Å². The zero-order chi connectivity index (χ0) is 17.8. The van der Waals surface area contributed by atoms with Crippen LogP contribution in [0.2, 0.25) is 0 Å². The standard InChI is InChI=1S/C22H26N3O/c26-22(14-21-15-23-16-24-21)25-11-9-18(10-12-25)20-8-4-7-19(13-20)17-5-2-1-3-6-17/h4-5,8,13,15-16,18H,1-3,6,9-12,14H2,(H,23,24). The summed E-state index contributed by atoms with van der Waals surface area (Å²) in [5.41, 5.74) is 4.97. The molecule has 135 valence electrons. The molecular formula is C22H26N3O. The molecule has 1 saturated heterocycles. The molecule has 1 amide bonds. The highest BCUT2D eigenvalue weighted by atomic mass is 16.2. The quantitative estimate of drug-likeness (QED) is 0.904. The average molecular weight is 348 g/mol. The number of aromatic amines is 1. The number of H-pyrrole nitrogens is 1. The Morgan fingerprint density at radius 1 is 1.31 bits per heavy atom. The van der Waals surface area contributed by atoms with Crippen molar-refractivity contribution in [1.29, 1.82) is 0 Å². The molecular weight excluding hydrogens is 322 g/mol. The number of carbonyl (C=O) groups is 1. The molecule has 4 nitrogen and oxygen atoms in total. The maximum atomic E-state index is 12.4. The third kappa shape index (κ3) is 3.90. The van der Waals surface area contributed by atoms with Crippen LogP contribution in [0.15, 0.2) is 36.8 Å². The molecule has 1 aliphatic carbocycles. The molecule has 1 fully saturated rings. The van der Waals surface area contributed by atoms with E-state index in [1.54, 1.807) is 12.5 Å². The Labute approximate surface area is 155 Å². The predicted molar refractivity (Wildman–Crippen MR) is 103 cm³/mol. The molecule has 0 spiro atoms. The summed E-state index contributed by atoms with van der Waals surface area (Å²) in [6.07, 6.45) is 13.3. The van der Waals surface area contributed by atoms with Gasteiger partial charge in [-0.2, -0.15) is 0 Å². The summed E-state index contributed by atoms with van der Waals surface area (Å²) < 4.78 is 0. The molecule has 4 rings (SSSR count). The van der Waals surface area contributed by atoms with Gasteiger partial charge in [-0.25, -0.2) is 4.98 Å². The molecule has 0 bridgehead atoms. The number of nitrogens with one attached hydrogen (secondary N) is 1. The van der Waals surface area contributed by atoms with Crippen molar-refractivity contribution in [2.75, 3.05) is 13.1 Å². The van der Waals surface area contributed by atoms with Crippen molar-refractivity contribution in [2.45, 2.75) is 50.9 Å². The fourth-order valence-corrected chi connectivity index (χ4v) is 4.12. The predicted octanol–water partition coefficient (Wildman–Crippen LogP) is 4.12. The lowest BCUT2D eigenvalue weighted by atomic mass is 9.86. The Bertz CT molecular complexity index is 770. The molecule has 0 atom stereocenters. The fourth-order valence-electron chi connectivity index (χ4n) is 4.12. The summed E-state index contributed by atoms with van der Waals surface area (Å²) in [7, 11) is 0. The molecule has 1 aliphatic heterocycles. The number of hydrogen-bond acceptors (Lipinski definition) is 2. The highest BCUT2D eigenvalue weighted by Gasteiger charge is 2.24. The number of allylic oxidation sites excluding steroid dienone is 2. The Balaban J connectivity index is 1.37. The second kappa shape index (κ2) is 7.90. The summed E-state index contributed by atoms with van der Waals surface area (Å²) in [6.45, 7) is 1.68. The SMILES string of the molecule is O=C(Cc1c[nH]cn1)N1CCC(c2cc[c]c(C3=CCCCC3)c2)CC1. The molecule has 4 heteroatoms. The second-order valence-corrected chi connectivity index (χ2v) is 7.40. The van der Waals surface area contributed by atoms with Gasteiger partial charge in [-0.1, -0.05) is 24.3 Å². The number of nitrogens with zero attached hydrogens (tertiary/aromatic N) is 2. The van der Waals surface area contributed by atoms with Gasteiger partial charge in [-0.05, 0) is 67.2 Å². The number of carbonyl (C=O) groups excluding carboxylic acids is 1. The Morgan fingerprint density at radius 3 is 2.92 bits per heavy atom. The first-order chi connectivity index (χ1) is 12.8. The normalized spacial score (nSPS) is 18.6. The minimum absolute atomic E-state index is 0.185. The molecule has 26 heavy (non-hydrogen) atoms. The van der Waals surface area contributed by atoms with Crippen LogP contribution in [0, 0.1) is 6.07 Å². The number of imidazole rings is 1. The van der Waals surface area contributed by atoms with Gasteiger partial charge in [0.05, 0.1) is 18.4 Å². The highest BCUT2D eigenvalue weighted by molar-refractivity contribution is 5.78. The van der Waals surface area contributed by atoms with Crippen LogP contribution >= 0.6 is 0 Å². The third-order valence-corrected chi connectivity index (χ3v) is 5.67. The molecule has 2 heterocycles. The van der Waals surface area contributed by atoms with Crippen LogP contribution in [0.4, 0.5) is 0 Å². The number of piperidine rings is 1. The van der Waals surface area contributed by atoms with Gasteiger partial charge in [0, 0.05) is 19.3 Å². The number of amides is 1. The Hall–Kier alpha value is -2.36. The molecule has 1 radical (unpaired) electrons. The van der Waals surface area contributed by atoms with Crippen LogP contribution in [0.25, 0.3) is 5.57 Å². The van der Waals surface area contributed by atoms with E-state index in [4.69, 9.17) is 0 Å². The van der Waals surface area contributed by atoms with Crippen LogP contribution < -0.4 is 0 Å². The third-order valence-electron chi connectivity index (χ3n) is 5.67. The smallest absolute Gasteiger partial charge is 0.228 e. The maximum Gasteiger partial charge on any atom is 0.228 e. The van der Waals surface area contributed by atoms with E-state index in [9.17, 15) is 4.79 Å². The lowest BCUT2D eigenvalue weighted by molar-refractivity contribution is -0.131. The maximum absolute atomic E-state index is 12.4. The molecule has 1 N–H and O–H groups in total. The van der Waals surface area contributed by atoms with Crippen LogP contribution in [-0.2, 0) is 11.2 Å². The number of likely N-dealkylation sites (tertiary alicyclic amines) is 1. The summed E-state index contributed by atoms with van der Waals surface area (Å²) in [6, 6.07) is 10.0. The van der Waals surface area contributed by atoms with Crippen LogP contribution in [0.3, 0.4) is 0 Å². The first-order valence-electron chi connectivity index (χ1n) is 9.76. The number of hydrogen-bond donors (Lipinski definition) is 1. The van der Waals surface area contributed by atoms with Crippen molar-refractivity contribution >= 4 is 11.5 Å². The lowest BCUT2D eigenvalue weighted by Crippen LogP contribution is -2.38. The van der Waals surface area contributed by atoms with Gasteiger partial charge in [0.25, 0.3) is 0 Å². The molecule has 0 saturated carbocycles. The highest BCUT2D eigenvalue weighted by Crippen LogP contribution is 2.32. The largest absolute Gasteiger partial charge is 0.351 e. The van der Waals surface area contributed by atoms with E-state index in [2.05, 4.69) is 40.3 Å². The van der Waals surface area contributed by atoms with E-state index in [0.29, 0.717) is 12.3 Å². The van der Waals surface area contributed by atoms with E-state index in [1.165, 1.54) is 42.4 Å². The first kappa shape index (κ1) is 17.1. The van der Waals surface area contributed by atoms with Crippen molar-refractivity contribution in [3.05, 3.63) is 59.7 Å². The zero-order valence-corrected chi connectivity index (χ0v) is 15.2. The Kier molecular flexibility index (Phi) is 5.19. The van der Waals surface area contributed by atoms with Crippen LogP contribution in [0.1, 0.15) is 61.3 Å². The molecule has 1 aromatic carbocycles. The number of benzene rings is 1. The van der Waals surface area contributed by atoms with Crippen molar-refractivity contribution in [1.82, 2.24) is 14.9 Å². The van der Waals surface area contributed by atoms with Crippen LogP contribution in [-0.4, -0.2) is 33.9 Å². The van der Waals surface area contributed by atoms with Crippen molar-refractivity contribution in [3.8, 4) is 0 Å². The van der Waals surface area contributed by atoms with Gasteiger partial charge >= 0.3 is 0 Å². The summed E-state index contributed by atoms with van der Waals surface area (Å²) in [5.74, 6) is 0.729. The van der Waals surface area contributed by atoms with Gasteiger partial charge in [0.2, 0.25) is 5.91 Å². The minimum Gasteiger partial charge on any atom is -0.351 e. The summed E-state index contributed by atoms with van der Waals surface area (Å²) in [4.78, 5) is 21.5. The summed E-state index contributed by atoms with van der Waals surface area (Å²) >= 11 is 0. The molecule has 1 aromatic heterocycles. The van der Waals surface area contributed by atoms with E-state index in [1.807, 2.05) is 4.90 Å². The minimum atomic E-state index is 0.185. The van der Waals surface area contributed by atoms with Gasteiger partial charge in [0.1, 0.15) is 0 Å². The molecule has 0 unspecified atom stereocenters. The summed E-state index contributed by atoms with van der Waals surface area (Å²) in [5, 5.41) is 0. The van der Waals surface area contributed by atoms with Gasteiger partial charge in [-0.3, -0.25) is 4.79 Å². The lowest BCUT2D eigenvalue weighted by Gasteiger charge is -2.32. The van der Waals surface area contributed by atoms with Crippen molar-refractivity contribution < 1.29 is 4.79 Å². The van der Waals surface area contributed by atoms with Gasteiger partial charge in [-0.15, -0.1) is 0 Å². The topological polar surface area (TPSA) is 49.0 Å².